The number of aryl methyl sites for hydroxylation is 1. The lowest BCUT2D eigenvalue weighted by molar-refractivity contribution is -0.117. The summed E-state index contributed by atoms with van der Waals surface area (Å²) in [5.41, 5.74) is 3.10. The fourth-order valence-corrected chi connectivity index (χ4v) is 4.65. The van der Waals surface area contributed by atoms with Gasteiger partial charge in [-0.2, -0.15) is 0 Å². The first-order valence-corrected chi connectivity index (χ1v) is 11.8. The van der Waals surface area contributed by atoms with Gasteiger partial charge in [-0.3, -0.25) is 4.79 Å². The standard InChI is InChI=1S/C27H25ClFN3O3/c1-17-11-22(9-10-23(17)28)35-16-21(33)15-32-25-8-3-2-7-24(25)30-27(32)18-12-26(34)31(14-18)20-6-4-5-19(29)13-20/h2-11,13,18,21,33H,12,14-16H2,1H3/t18-,21-/m0/s1. The predicted octanol–water partition coefficient (Wildman–Crippen LogP) is 5.10. The zero-order valence-corrected chi connectivity index (χ0v) is 20.0. The number of anilines is 1. The van der Waals surface area contributed by atoms with E-state index in [1.807, 2.05) is 41.8 Å². The number of para-hydroxylation sites is 2. The number of hydrogen-bond acceptors (Lipinski definition) is 4. The fourth-order valence-electron chi connectivity index (χ4n) is 4.53. The van der Waals surface area contributed by atoms with Crippen molar-refractivity contribution in [2.75, 3.05) is 18.1 Å². The van der Waals surface area contributed by atoms with Crippen LogP contribution in [0.5, 0.6) is 5.75 Å². The van der Waals surface area contributed by atoms with Crippen LogP contribution in [0, 0.1) is 12.7 Å². The number of carbonyl (C=O) groups excluding carboxylic acids is 1. The van der Waals surface area contributed by atoms with Gasteiger partial charge in [0.05, 0.1) is 17.6 Å². The van der Waals surface area contributed by atoms with Gasteiger partial charge in [-0.05, 0) is 61.0 Å². The zero-order chi connectivity index (χ0) is 24.5. The molecule has 6 nitrogen and oxygen atoms in total. The average molecular weight is 494 g/mol. The molecule has 2 atom stereocenters. The zero-order valence-electron chi connectivity index (χ0n) is 19.2. The number of hydrogen-bond donors (Lipinski definition) is 1. The summed E-state index contributed by atoms with van der Waals surface area (Å²) < 4.78 is 21.5. The van der Waals surface area contributed by atoms with Gasteiger partial charge in [-0.25, -0.2) is 9.37 Å². The molecule has 35 heavy (non-hydrogen) atoms. The predicted molar refractivity (Wildman–Crippen MR) is 134 cm³/mol. The van der Waals surface area contributed by atoms with Gasteiger partial charge in [-0.15, -0.1) is 0 Å². The van der Waals surface area contributed by atoms with E-state index >= 15 is 0 Å². The fraction of sp³-hybridized carbons (Fsp3) is 0.259. The summed E-state index contributed by atoms with van der Waals surface area (Å²) in [4.78, 5) is 19.2. The molecule has 0 spiro atoms. The van der Waals surface area contributed by atoms with Crippen LogP contribution < -0.4 is 9.64 Å². The van der Waals surface area contributed by atoms with Gasteiger partial charge in [0.15, 0.2) is 0 Å². The molecule has 1 N–H and O–H groups in total. The molecule has 1 aliphatic heterocycles. The SMILES string of the molecule is Cc1cc(OC[C@@H](O)Cn2c([C@H]3CC(=O)N(c4cccc(F)c4)C3)nc3ccccc32)ccc1Cl. The number of imidazole rings is 1. The highest BCUT2D eigenvalue weighted by Crippen LogP contribution is 2.33. The van der Waals surface area contributed by atoms with E-state index in [0.29, 0.717) is 23.0 Å². The number of carbonyl (C=O) groups is 1. The van der Waals surface area contributed by atoms with Crippen molar-refractivity contribution >= 4 is 34.2 Å². The van der Waals surface area contributed by atoms with Gasteiger partial charge in [-0.1, -0.05) is 29.8 Å². The van der Waals surface area contributed by atoms with Crippen LogP contribution in [0.2, 0.25) is 5.02 Å². The Morgan fingerprint density at radius 1 is 1.17 bits per heavy atom. The topological polar surface area (TPSA) is 67.6 Å². The van der Waals surface area contributed by atoms with Crippen molar-refractivity contribution in [3.63, 3.8) is 0 Å². The smallest absolute Gasteiger partial charge is 0.227 e. The highest BCUT2D eigenvalue weighted by atomic mass is 35.5. The molecule has 8 heteroatoms. The molecule has 1 amide bonds. The van der Waals surface area contributed by atoms with Crippen LogP contribution in [0.4, 0.5) is 10.1 Å². The monoisotopic (exact) mass is 493 g/mol. The summed E-state index contributed by atoms with van der Waals surface area (Å²) >= 11 is 6.08. The van der Waals surface area contributed by atoms with E-state index in [-0.39, 0.29) is 37.2 Å². The third kappa shape index (κ3) is 4.88. The Labute approximate surface area is 207 Å². The number of halogens is 2. The van der Waals surface area contributed by atoms with Crippen LogP contribution in [0.3, 0.4) is 0 Å². The lowest BCUT2D eigenvalue weighted by Gasteiger charge is -2.19. The van der Waals surface area contributed by atoms with Crippen LogP contribution in [-0.4, -0.2) is 39.8 Å². The van der Waals surface area contributed by atoms with E-state index in [9.17, 15) is 14.3 Å². The van der Waals surface area contributed by atoms with Crippen LogP contribution in [0.15, 0.2) is 66.7 Å². The normalized spacial score (nSPS) is 16.7. The van der Waals surface area contributed by atoms with Crippen LogP contribution >= 0.6 is 11.6 Å². The van der Waals surface area contributed by atoms with Gasteiger partial charge in [0, 0.05) is 29.6 Å². The lowest BCUT2D eigenvalue weighted by atomic mass is 10.1. The molecule has 1 saturated heterocycles. The van der Waals surface area contributed by atoms with Crippen LogP contribution in [0.1, 0.15) is 23.7 Å². The third-order valence-corrected chi connectivity index (χ3v) is 6.68. The number of benzene rings is 3. The number of nitrogens with zero attached hydrogens (tertiary/aromatic N) is 3. The number of rotatable bonds is 7. The van der Waals surface area contributed by atoms with Crippen LogP contribution in [-0.2, 0) is 11.3 Å². The van der Waals surface area contributed by atoms with Gasteiger partial charge >= 0.3 is 0 Å². The number of fused-ring (bicyclic) bond motifs is 1. The summed E-state index contributed by atoms with van der Waals surface area (Å²) in [5.74, 6) is 0.699. The van der Waals surface area contributed by atoms with Gasteiger partial charge in [0.1, 0.15) is 30.1 Å². The summed E-state index contributed by atoms with van der Waals surface area (Å²) in [6.45, 7) is 2.63. The molecule has 0 aliphatic carbocycles. The first-order valence-electron chi connectivity index (χ1n) is 11.5. The van der Waals surface area contributed by atoms with Gasteiger partial charge < -0.3 is 19.3 Å². The maximum Gasteiger partial charge on any atom is 0.227 e. The molecule has 1 aromatic heterocycles. The number of aromatic nitrogens is 2. The molecule has 0 saturated carbocycles. The second-order valence-electron chi connectivity index (χ2n) is 8.83. The summed E-state index contributed by atoms with van der Waals surface area (Å²) in [7, 11) is 0. The minimum Gasteiger partial charge on any atom is -0.491 e. The van der Waals surface area contributed by atoms with E-state index in [0.717, 1.165) is 22.4 Å². The van der Waals surface area contributed by atoms with E-state index < -0.39 is 6.10 Å². The van der Waals surface area contributed by atoms with Crippen molar-refractivity contribution in [3.05, 3.63) is 89.0 Å². The van der Waals surface area contributed by atoms with Gasteiger partial charge in [0.25, 0.3) is 0 Å². The molecule has 0 radical (unpaired) electrons. The molecular weight excluding hydrogens is 469 g/mol. The molecular formula is C27H25ClFN3O3. The molecule has 4 aromatic rings. The second-order valence-corrected chi connectivity index (χ2v) is 9.24. The largest absolute Gasteiger partial charge is 0.491 e. The maximum atomic E-state index is 13.8. The Hall–Kier alpha value is -3.42. The minimum atomic E-state index is -0.807. The van der Waals surface area contributed by atoms with E-state index in [4.69, 9.17) is 21.3 Å². The van der Waals surface area contributed by atoms with Gasteiger partial charge in [0.2, 0.25) is 5.91 Å². The maximum absolute atomic E-state index is 13.8. The highest BCUT2D eigenvalue weighted by Gasteiger charge is 2.35. The Kier molecular flexibility index (Phi) is 6.45. The quantitative estimate of drug-likeness (QED) is 0.389. The average Bonchev–Trinajstić information content (AvgIpc) is 3.40. The van der Waals surface area contributed by atoms with Crippen LogP contribution in [0.25, 0.3) is 11.0 Å². The Morgan fingerprint density at radius 2 is 2.00 bits per heavy atom. The number of aliphatic hydroxyl groups excluding tert-OH is 1. The van der Waals surface area contributed by atoms with E-state index in [2.05, 4.69) is 0 Å². The summed E-state index contributed by atoms with van der Waals surface area (Å²) in [5, 5.41) is 11.5. The van der Waals surface area contributed by atoms with Crippen molar-refractivity contribution in [2.24, 2.45) is 0 Å². The first kappa shape index (κ1) is 23.3. The number of ether oxygens (including phenoxy) is 1. The van der Waals surface area contributed by atoms with Crippen molar-refractivity contribution in [3.8, 4) is 5.75 Å². The third-order valence-electron chi connectivity index (χ3n) is 6.26. The molecule has 180 valence electrons. The Bertz CT molecular complexity index is 1390. The van der Waals surface area contributed by atoms with Crippen molar-refractivity contribution in [2.45, 2.75) is 31.9 Å². The number of aliphatic hydroxyl groups is 1. The molecule has 1 aliphatic rings. The molecule has 0 bridgehead atoms. The molecule has 1 fully saturated rings. The minimum absolute atomic E-state index is 0.0822. The van der Waals surface area contributed by atoms with Crippen molar-refractivity contribution in [1.29, 1.82) is 0 Å². The summed E-state index contributed by atoms with van der Waals surface area (Å²) in [6.07, 6.45) is -0.546. The molecule has 3 aromatic carbocycles. The molecule has 5 rings (SSSR count). The second kappa shape index (κ2) is 9.68. The van der Waals surface area contributed by atoms with Crippen molar-refractivity contribution in [1.82, 2.24) is 9.55 Å². The molecule has 2 heterocycles. The Morgan fingerprint density at radius 3 is 2.80 bits per heavy atom. The summed E-state index contributed by atoms with van der Waals surface area (Å²) in [6, 6.07) is 19.1. The Balaban J connectivity index is 1.37. The lowest BCUT2D eigenvalue weighted by Crippen LogP contribution is -2.26. The molecule has 0 unspecified atom stereocenters. The highest BCUT2D eigenvalue weighted by molar-refractivity contribution is 6.31. The van der Waals surface area contributed by atoms with E-state index in [1.54, 1.807) is 29.2 Å². The van der Waals surface area contributed by atoms with Crippen molar-refractivity contribution < 1.29 is 19.0 Å². The first-order chi connectivity index (χ1) is 16.9. The van der Waals surface area contributed by atoms with E-state index in [1.165, 1.54) is 12.1 Å². The number of amides is 1.